The second-order valence-corrected chi connectivity index (χ2v) is 13.0. The Balaban J connectivity index is 1.41. The van der Waals surface area contributed by atoms with Gasteiger partial charge in [0, 0.05) is 54.6 Å². The average Bonchev–Trinajstić information content (AvgIpc) is 3.76. The molecule has 0 fully saturated rings. The third-order valence-electron chi connectivity index (χ3n) is 7.90. The number of aryl methyl sites for hydroxylation is 1. The number of aromatic nitrogens is 3. The van der Waals surface area contributed by atoms with E-state index in [0.717, 1.165) is 27.5 Å². The molecule has 0 aliphatic carbocycles. The highest BCUT2D eigenvalue weighted by Crippen LogP contribution is 2.24. The van der Waals surface area contributed by atoms with Crippen molar-refractivity contribution in [3.05, 3.63) is 118 Å². The predicted octanol–water partition coefficient (Wildman–Crippen LogP) is 5.74. The van der Waals surface area contributed by atoms with Crippen LogP contribution >= 0.6 is 11.3 Å². The molecular weight excluding hydrogens is 613 g/mol. The molecule has 2 amide bonds. The zero-order valence-corrected chi connectivity index (χ0v) is 28.1. The van der Waals surface area contributed by atoms with Gasteiger partial charge in [0.2, 0.25) is 5.89 Å². The number of likely N-dealkylation sites (N-methyl/N-ethyl adjacent to an activating group) is 1. The molecule has 0 aliphatic heterocycles. The summed E-state index contributed by atoms with van der Waals surface area (Å²) in [6, 6.07) is 16.0. The highest BCUT2D eigenvalue weighted by Gasteiger charge is 2.26. The zero-order valence-electron chi connectivity index (χ0n) is 27.3. The first-order valence-electron chi connectivity index (χ1n) is 15.5. The Morgan fingerprint density at radius 2 is 1.81 bits per heavy atom. The minimum absolute atomic E-state index is 0.245. The number of benzene rings is 2. The lowest BCUT2D eigenvalue weighted by molar-refractivity contribution is 0.0785. The number of nitrogens with zero attached hydrogens (tertiary/aromatic N) is 5. The summed E-state index contributed by atoms with van der Waals surface area (Å²) in [6.45, 7) is 6.71. The van der Waals surface area contributed by atoms with Crippen molar-refractivity contribution < 1.29 is 19.1 Å². The van der Waals surface area contributed by atoms with Gasteiger partial charge in [-0.3, -0.25) is 14.6 Å². The maximum Gasteiger partial charge on any atom is 0.254 e. The largest absolute Gasteiger partial charge is 0.445 e. The number of pyridine rings is 1. The number of carbonyl (C=O) groups excluding carboxylic acids is 2. The summed E-state index contributed by atoms with van der Waals surface area (Å²) in [5.41, 5.74) is 4.87. The van der Waals surface area contributed by atoms with Crippen molar-refractivity contribution in [3.8, 4) is 11.5 Å². The van der Waals surface area contributed by atoms with Crippen LogP contribution in [0.5, 0.6) is 0 Å². The van der Waals surface area contributed by atoms with E-state index in [4.69, 9.17) is 4.42 Å². The first kappa shape index (κ1) is 33.5. The van der Waals surface area contributed by atoms with E-state index in [9.17, 15) is 14.7 Å². The van der Waals surface area contributed by atoms with Gasteiger partial charge in [-0.05, 0) is 54.7 Å². The molecule has 2 N–H and O–H groups in total. The van der Waals surface area contributed by atoms with E-state index >= 15 is 0 Å². The van der Waals surface area contributed by atoms with Crippen LogP contribution in [0.15, 0.2) is 89.2 Å². The molecule has 10 nitrogen and oxygen atoms in total. The third-order valence-corrected chi connectivity index (χ3v) is 8.85. The van der Waals surface area contributed by atoms with Gasteiger partial charge < -0.3 is 24.6 Å². The maximum atomic E-state index is 14.0. The number of aliphatic hydroxyl groups excluding tert-OH is 1. The summed E-state index contributed by atoms with van der Waals surface area (Å²) >= 11 is 1.49. The Hall–Kier alpha value is -4.87. The van der Waals surface area contributed by atoms with Crippen LogP contribution in [-0.4, -0.2) is 69.6 Å². The molecule has 0 aliphatic rings. The summed E-state index contributed by atoms with van der Waals surface area (Å²) in [4.78, 5) is 44.2. The van der Waals surface area contributed by atoms with Crippen LogP contribution in [0.25, 0.3) is 11.5 Å². The van der Waals surface area contributed by atoms with E-state index in [1.54, 1.807) is 36.3 Å². The van der Waals surface area contributed by atoms with Gasteiger partial charge in [0.05, 0.1) is 36.8 Å². The lowest BCUT2D eigenvalue weighted by atomic mass is 9.99. The van der Waals surface area contributed by atoms with Gasteiger partial charge in [0.25, 0.3) is 11.8 Å². The highest BCUT2D eigenvalue weighted by molar-refractivity contribution is 7.09. The fourth-order valence-corrected chi connectivity index (χ4v) is 6.05. The van der Waals surface area contributed by atoms with Crippen LogP contribution < -0.4 is 10.2 Å². The number of carbonyl (C=O) groups is 2. The number of rotatable bonds is 13. The first-order chi connectivity index (χ1) is 22.6. The van der Waals surface area contributed by atoms with Crippen molar-refractivity contribution in [2.75, 3.05) is 25.5 Å². The highest BCUT2D eigenvalue weighted by atomic mass is 32.1. The minimum atomic E-state index is -0.934. The number of thiazole rings is 1. The summed E-state index contributed by atoms with van der Waals surface area (Å²) in [6.07, 6.45) is 6.02. The molecule has 2 aromatic carbocycles. The number of aliphatic hydroxyl groups is 1. The molecule has 0 saturated carbocycles. The fraction of sp³-hybridized carbons (Fsp3) is 0.306. The van der Waals surface area contributed by atoms with E-state index in [2.05, 4.69) is 40.2 Å². The maximum absolute atomic E-state index is 14.0. The standard InChI is InChI=1S/C36H40N6O4S/c1-23(2)29-17-30(19-37-18-29)41(4)20-32(43)31(13-25-9-7-6-8-10-25)40-34(44)26-14-27(35-38-11-12-46-35)16-28(15-26)36(45)42(5)21-33-39-24(3)22-47-33/h6-12,14-19,22-23,31-32,43H,13,20-21H2,1-5H3,(H,40,44)/t31-,32+/m0/s1. The molecule has 5 rings (SSSR count). The van der Waals surface area contributed by atoms with Crippen LogP contribution in [0.1, 0.15) is 62.3 Å². The number of amides is 2. The quantitative estimate of drug-likeness (QED) is 0.165. The van der Waals surface area contributed by atoms with E-state index < -0.39 is 18.1 Å². The third kappa shape index (κ3) is 8.69. The lowest BCUT2D eigenvalue weighted by Crippen LogP contribution is -2.49. The number of hydrogen-bond donors (Lipinski definition) is 2. The average molecular weight is 653 g/mol. The molecular formula is C36H40N6O4S. The molecule has 3 heterocycles. The molecule has 11 heteroatoms. The van der Waals surface area contributed by atoms with Crippen molar-refractivity contribution in [1.82, 2.24) is 25.2 Å². The van der Waals surface area contributed by atoms with Gasteiger partial charge in [-0.15, -0.1) is 11.3 Å². The molecule has 244 valence electrons. The number of nitrogens with one attached hydrogen (secondary N) is 1. The Labute approximate surface area is 279 Å². The summed E-state index contributed by atoms with van der Waals surface area (Å²) in [5.74, 6) is -0.116. The number of oxazole rings is 1. The molecule has 3 aromatic heterocycles. The Bertz CT molecular complexity index is 1790. The van der Waals surface area contributed by atoms with E-state index in [0.29, 0.717) is 30.0 Å². The van der Waals surface area contributed by atoms with Crippen LogP contribution in [0.4, 0.5) is 5.69 Å². The van der Waals surface area contributed by atoms with E-state index in [1.807, 2.05) is 60.8 Å². The molecule has 0 radical (unpaired) electrons. The van der Waals surface area contributed by atoms with Crippen molar-refractivity contribution >= 4 is 28.8 Å². The zero-order chi connectivity index (χ0) is 33.5. The number of anilines is 1. The van der Waals surface area contributed by atoms with Gasteiger partial charge >= 0.3 is 0 Å². The predicted molar refractivity (Wildman–Crippen MR) is 184 cm³/mol. The first-order valence-corrected chi connectivity index (χ1v) is 16.4. The SMILES string of the molecule is Cc1csc(CN(C)C(=O)c2cc(C(=O)N[C@@H](Cc3ccccc3)[C@H](O)CN(C)c3cncc(C(C)C)c3)cc(-c3ncco3)c2)n1. The molecule has 0 spiro atoms. The van der Waals surface area contributed by atoms with Crippen molar-refractivity contribution in [3.63, 3.8) is 0 Å². The smallest absolute Gasteiger partial charge is 0.254 e. The lowest BCUT2D eigenvalue weighted by Gasteiger charge is -2.29. The second kappa shape index (κ2) is 15.1. The molecule has 2 atom stereocenters. The van der Waals surface area contributed by atoms with E-state index in [1.165, 1.54) is 23.8 Å². The molecule has 5 aromatic rings. The van der Waals surface area contributed by atoms with Gasteiger partial charge in [0.15, 0.2) is 0 Å². The molecule has 0 saturated heterocycles. The Kier molecular flexibility index (Phi) is 10.8. The number of hydrogen-bond acceptors (Lipinski definition) is 9. The molecule has 47 heavy (non-hydrogen) atoms. The van der Waals surface area contributed by atoms with Gasteiger partial charge in [-0.1, -0.05) is 44.2 Å². The van der Waals surface area contributed by atoms with Crippen LogP contribution in [0, 0.1) is 6.92 Å². The summed E-state index contributed by atoms with van der Waals surface area (Å²) < 4.78 is 5.53. The van der Waals surface area contributed by atoms with Crippen LogP contribution in [-0.2, 0) is 13.0 Å². The normalized spacial score (nSPS) is 12.5. The fourth-order valence-electron chi connectivity index (χ4n) is 5.23. The minimum Gasteiger partial charge on any atom is -0.445 e. The van der Waals surface area contributed by atoms with Gasteiger partial charge in [0.1, 0.15) is 11.3 Å². The van der Waals surface area contributed by atoms with Crippen molar-refractivity contribution in [2.45, 2.75) is 51.8 Å². The van der Waals surface area contributed by atoms with Crippen molar-refractivity contribution in [1.29, 1.82) is 0 Å². The molecule has 0 unspecified atom stereocenters. The van der Waals surface area contributed by atoms with Crippen LogP contribution in [0.2, 0.25) is 0 Å². The van der Waals surface area contributed by atoms with E-state index in [-0.39, 0.29) is 23.9 Å². The summed E-state index contributed by atoms with van der Waals surface area (Å²) in [5, 5.41) is 17.4. The Morgan fingerprint density at radius 1 is 1.04 bits per heavy atom. The summed E-state index contributed by atoms with van der Waals surface area (Å²) in [7, 11) is 3.60. The monoisotopic (exact) mass is 652 g/mol. The Morgan fingerprint density at radius 3 is 2.49 bits per heavy atom. The molecule has 0 bridgehead atoms. The van der Waals surface area contributed by atoms with Crippen molar-refractivity contribution in [2.24, 2.45) is 0 Å². The topological polar surface area (TPSA) is 125 Å². The second-order valence-electron chi connectivity index (χ2n) is 12.0. The van der Waals surface area contributed by atoms with Gasteiger partial charge in [-0.25, -0.2) is 9.97 Å². The van der Waals surface area contributed by atoms with Gasteiger partial charge in [-0.2, -0.15) is 0 Å². The van der Waals surface area contributed by atoms with Crippen LogP contribution in [0.3, 0.4) is 0 Å².